The van der Waals surface area contributed by atoms with Crippen LogP contribution in [0.25, 0.3) is 10.9 Å². The summed E-state index contributed by atoms with van der Waals surface area (Å²) in [6.07, 6.45) is 0.752. The number of benzene rings is 2. The van der Waals surface area contributed by atoms with Crippen LogP contribution in [0.3, 0.4) is 0 Å². The van der Waals surface area contributed by atoms with Crippen molar-refractivity contribution in [3.63, 3.8) is 0 Å². The van der Waals surface area contributed by atoms with Crippen molar-refractivity contribution >= 4 is 58.1 Å². The number of nitrogens with one attached hydrogen (secondary N) is 1. The molecule has 4 rings (SSSR count). The molecule has 1 amide bonds. The van der Waals surface area contributed by atoms with Gasteiger partial charge in [-0.2, -0.15) is 0 Å². The first-order valence-corrected chi connectivity index (χ1v) is 9.85. The van der Waals surface area contributed by atoms with E-state index in [0.717, 1.165) is 23.0 Å². The first-order valence-electron chi connectivity index (χ1n) is 8.71. The summed E-state index contributed by atoms with van der Waals surface area (Å²) in [5.74, 6) is -0.156. The van der Waals surface area contributed by atoms with Crippen LogP contribution < -0.4 is 5.73 Å². The standard InChI is InChI=1S/C19H16Cl3N3O.CH2O2/c20-10-2-4-16-14(7-10)12-5-6-25(9-17(12)24-16)19(26)18(23)13-3-1-11(21)8-15(13)22;2-1-3/h1-4,7-8,18,24H,5-6,9,23H2;1H,(H,2,3). The summed E-state index contributed by atoms with van der Waals surface area (Å²) in [6, 6.07) is 9.94. The Morgan fingerprint density at radius 2 is 1.83 bits per heavy atom. The highest BCUT2D eigenvalue weighted by molar-refractivity contribution is 6.35. The van der Waals surface area contributed by atoms with Crippen LogP contribution in [0.1, 0.15) is 22.9 Å². The smallest absolute Gasteiger partial charge is 0.290 e. The maximum Gasteiger partial charge on any atom is 0.290 e. The largest absolute Gasteiger partial charge is 0.483 e. The molecule has 0 saturated heterocycles. The van der Waals surface area contributed by atoms with Gasteiger partial charge in [0, 0.05) is 38.2 Å². The highest BCUT2D eigenvalue weighted by Gasteiger charge is 2.29. The molecule has 0 fully saturated rings. The lowest BCUT2D eigenvalue weighted by Gasteiger charge is -2.29. The van der Waals surface area contributed by atoms with E-state index >= 15 is 0 Å². The number of carboxylic acid groups (broad SMARTS) is 1. The second-order valence-electron chi connectivity index (χ2n) is 6.53. The molecule has 1 aromatic heterocycles. The summed E-state index contributed by atoms with van der Waals surface area (Å²) >= 11 is 18.2. The number of rotatable bonds is 2. The fourth-order valence-electron chi connectivity index (χ4n) is 3.48. The number of amides is 1. The van der Waals surface area contributed by atoms with E-state index in [9.17, 15) is 4.79 Å². The Balaban J connectivity index is 0.000000755. The summed E-state index contributed by atoms with van der Waals surface area (Å²) in [6.45, 7) is 0.837. The molecule has 1 aliphatic heterocycles. The van der Waals surface area contributed by atoms with Crippen LogP contribution >= 0.6 is 34.8 Å². The molecule has 152 valence electrons. The van der Waals surface area contributed by atoms with Crippen molar-refractivity contribution in [1.82, 2.24) is 9.88 Å². The third-order valence-electron chi connectivity index (χ3n) is 4.81. The SMILES string of the molecule is NC(C(=O)N1CCc2c([nH]c3ccc(Cl)cc23)C1)c1ccc(Cl)cc1Cl.O=CO. The maximum absolute atomic E-state index is 12.9. The maximum atomic E-state index is 12.9. The van der Waals surface area contributed by atoms with Gasteiger partial charge in [-0.3, -0.25) is 9.59 Å². The molecular weight excluding hydrogens is 437 g/mol. The van der Waals surface area contributed by atoms with Crippen LogP contribution in [0.5, 0.6) is 0 Å². The van der Waals surface area contributed by atoms with Gasteiger partial charge in [-0.1, -0.05) is 40.9 Å². The average Bonchev–Trinajstić information content (AvgIpc) is 3.04. The second kappa shape index (κ2) is 9.05. The van der Waals surface area contributed by atoms with Gasteiger partial charge in [-0.15, -0.1) is 0 Å². The summed E-state index contributed by atoms with van der Waals surface area (Å²) in [4.78, 5) is 26.4. The van der Waals surface area contributed by atoms with Crippen LogP contribution in [0, 0.1) is 0 Å². The van der Waals surface area contributed by atoms with Crippen molar-refractivity contribution in [1.29, 1.82) is 0 Å². The van der Waals surface area contributed by atoms with Crippen molar-refractivity contribution in [2.45, 2.75) is 19.0 Å². The Morgan fingerprint density at radius 3 is 2.52 bits per heavy atom. The lowest BCUT2D eigenvalue weighted by molar-refractivity contribution is -0.133. The van der Waals surface area contributed by atoms with Gasteiger partial charge in [0.1, 0.15) is 6.04 Å². The molecule has 1 aliphatic rings. The zero-order chi connectivity index (χ0) is 21.1. The molecule has 2 aromatic carbocycles. The summed E-state index contributed by atoms with van der Waals surface area (Å²) in [5.41, 5.74) is 10.0. The normalized spacial score (nSPS) is 14.0. The first kappa shape index (κ1) is 21.5. The molecule has 3 aromatic rings. The molecule has 1 atom stereocenters. The van der Waals surface area contributed by atoms with E-state index < -0.39 is 6.04 Å². The number of hydrogen-bond donors (Lipinski definition) is 3. The van der Waals surface area contributed by atoms with E-state index in [0.29, 0.717) is 33.7 Å². The Hall–Kier alpha value is -2.25. The number of aromatic nitrogens is 1. The Labute approximate surface area is 182 Å². The predicted octanol–water partition coefficient (Wildman–Crippen LogP) is 4.41. The fourth-order valence-corrected chi connectivity index (χ4v) is 4.18. The molecule has 6 nitrogen and oxygen atoms in total. The minimum Gasteiger partial charge on any atom is -0.483 e. The summed E-state index contributed by atoms with van der Waals surface area (Å²) in [5, 5.41) is 9.62. The number of nitrogens with two attached hydrogens (primary N) is 1. The molecule has 0 bridgehead atoms. The summed E-state index contributed by atoms with van der Waals surface area (Å²) < 4.78 is 0. The third-order valence-corrected chi connectivity index (χ3v) is 5.61. The van der Waals surface area contributed by atoms with Crippen LogP contribution in [0.15, 0.2) is 36.4 Å². The van der Waals surface area contributed by atoms with Crippen molar-refractivity contribution < 1.29 is 14.7 Å². The number of fused-ring (bicyclic) bond motifs is 3. The predicted molar refractivity (Wildman–Crippen MR) is 115 cm³/mol. The van der Waals surface area contributed by atoms with E-state index in [-0.39, 0.29) is 12.4 Å². The van der Waals surface area contributed by atoms with E-state index in [1.807, 2.05) is 18.2 Å². The number of hydrogen-bond acceptors (Lipinski definition) is 3. The quantitative estimate of drug-likeness (QED) is 0.499. The van der Waals surface area contributed by atoms with Crippen molar-refractivity contribution in [2.24, 2.45) is 5.73 Å². The summed E-state index contributed by atoms with van der Waals surface area (Å²) in [7, 11) is 0. The van der Waals surface area contributed by atoms with Crippen molar-refractivity contribution in [3.05, 3.63) is 68.3 Å². The minimum atomic E-state index is -0.819. The number of carbonyl (C=O) groups excluding carboxylic acids is 1. The van der Waals surface area contributed by atoms with Gasteiger partial charge in [0.2, 0.25) is 5.91 Å². The fraction of sp³-hybridized carbons (Fsp3) is 0.200. The van der Waals surface area contributed by atoms with Crippen LogP contribution in [-0.2, 0) is 22.6 Å². The van der Waals surface area contributed by atoms with Gasteiger partial charge in [-0.25, -0.2) is 0 Å². The van der Waals surface area contributed by atoms with E-state index in [1.165, 1.54) is 5.56 Å². The molecule has 0 radical (unpaired) electrons. The van der Waals surface area contributed by atoms with E-state index in [4.69, 9.17) is 50.4 Å². The second-order valence-corrected chi connectivity index (χ2v) is 7.81. The average molecular weight is 455 g/mol. The highest BCUT2D eigenvalue weighted by Crippen LogP contribution is 2.31. The monoisotopic (exact) mass is 453 g/mol. The Morgan fingerprint density at radius 1 is 1.17 bits per heavy atom. The van der Waals surface area contributed by atoms with Crippen LogP contribution in [0.4, 0.5) is 0 Å². The number of H-pyrrole nitrogens is 1. The molecule has 1 unspecified atom stereocenters. The zero-order valence-corrected chi connectivity index (χ0v) is 17.4. The Kier molecular flexibility index (Phi) is 6.70. The van der Waals surface area contributed by atoms with Gasteiger partial charge in [0.05, 0.1) is 6.54 Å². The van der Waals surface area contributed by atoms with Crippen molar-refractivity contribution in [3.8, 4) is 0 Å². The lowest BCUT2D eigenvalue weighted by Crippen LogP contribution is -2.41. The lowest BCUT2D eigenvalue weighted by atomic mass is 10.0. The van der Waals surface area contributed by atoms with Crippen LogP contribution in [-0.4, -0.2) is 33.9 Å². The van der Waals surface area contributed by atoms with E-state index in [1.54, 1.807) is 23.1 Å². The highest BCUT2D eigenvalue weighted by atomic mass is 35.5. The van der Waals surface area contributed by atoms with Gasteiger partial charge < -0.3 is 20.7 Å². The van der Waals surface area contributed by atoms with Gasteiger partial charge in [0.15, 0.2) is 0 Å². The third kappa shape index (κ3) is 4.51. The number of aromatic amines is 1. The Bertz CT molecular complexity index is 1070. The van der Waals surface area contributed by atoms with E-state index in [2.05, 4.69) is 4.98 Å². The molecule has 4 N–H and O–H groups in total. The number of carbonyl (C=O) groups is 2. The molecular formula is C20H18Cl3N3O3. The first-order chi connectivity index (χ1) is 13.8. The zero-order valence-electron chi connectivity index (χ0n) is 15.2. The molecule has 0 spiro atoms. The number of halogens is 3. The molecule has 0 saturated carbocycles. The molecule has 0 aliphatic carbocycles. The van der Waals surface area contributed by atoms with Gasteiger partial charge in [-0.05, 0) is 47.9 Å². The minimum absolute atomic E-state index is 0.156. The van der Waals surface area contributed by atoms with Gasteiger partial charge in [0.25, 0.3) is 6.47 Å². The molecule has 29 heavy (non-hydrogen) atoms. The van der Waals surface area contributed by atoms with Gasteiger partial charge >= 0.3 is 0 Å². The molecule has 9 heteroatoms. The van der Waals surface area contributed by atoms with Crippen LogP contribution in [0.2, 0.25) is 15.1 Å². The molecule has 2 heterocycles. The van der Waals surface area contributed by atoms with Crippen molar-refractivity contribution in [2.75, 3.05) is 6.54 Å². The number of nitrogens with zero attached hydrogens (tertiary/aromatic N) is 1. The topological polar surface area (TPSA) is 99.4 Å².